The van der Waals surface area contributed by atoms with Crippen molar-refractivity contribution in [3.05, 3.63) is 0 Å². The highest BCUT2D eigenvalue weighted by Gasteiger charge is 2.66. The van der Waals surface area contributed by atoms with Crippen LogP contribution in [-0.2, 0) is 0 Å². The van der Waals surface area contributed by atoms with Gasteiger partial charge in [0.25, 0.3) is 0 Å². The zero-order chi connectivity index (χ0) is 9.69. The van der Waals surface area contributed by atoms with E-state index in [0.717, 1.165) is 6.42 Å². The maximum Gasteiger partial charge on any atom is 0.0639 e. The molecule has 76 valence electrons. The molecule has 0 aliphatic heterocycles. The van der Waals surface area contributed by atoms with Crippen molar-refractivity contribution in [3.8, 4) is 0 Å². The van der Waals surface area contributed by atoms with Crippen molar-refractivity contribution in [2.75, 3.05) is 6.54 Å². The zero-order valence-corrected chi connectivity index (χ0v) is 8.71. The van der Waals surface area contributed by atoms with Gasteiger partial charge in [-0.15, -0.1) is 0 Å². The van der Waals surface area contributed by atoms with Crippen LogP contribution in [0.2, 0.25) is 0 Å². The van der Waals surface area contributed by atoms with Crippen molar-refractivity contribution < 1.29 is 5.11 Å². The van der Waals surface area contributed by atoms with Gasteiger partial charge >= 0.3 is 0 Å². The molecular formula is C11H21NO. The number of rotatable bonds is 4. The molecule has 0 bridgehead atoms. The summed E-state index contributed by atoms with van der Waals surface area (Å²) < 4.78 is 0. The van der Waals surface area contributed by atoms with Crippen molar-refractivity contribution in [3.63, 3.8) is 0 Å². The number of nitrogens with two attached hydrogens (primary N) is 1. The fraction of sp³-hybridized carbons (Fsp3) is 1.00. The molecule has 2 aliphatic carbocycles. The molecule has 13 heavy (non-hydrogen) atoms. The van der Waals surface area contributed by atoms with E-state index in [0.29, 0.717) is 17.9 Å². The summed E-state index contributed by atoms with van der Waals surface area (Å²) in [7, 11) is 0. The predicted octanol–water partition coefficient (Wildman–Crippen LogP) is 1.52. The lowest BCUT2D eigenvalue weighted by atomic mass is 9.79. The van der Waals surface area contributed by atoms with Gasteiger partial charge in [0.05, 0.1) is 6.10 Å². The third-order valence-corrected chi connectivity index (χ3v) is 4.51. The lowest BCUT2D eigenvalue weighted by Gasteiger charge is -2.32. The Bertz CT molecular complexity index is 206. The molecule has 0 saturated heterocycles. The van der Waals surface area contributed by atoms with Gasteiger partial charge in [-0.3, -0.25) is 0 Å². The van der Waals surface area contributed by atoms with Gasteiger partial charge in [-0.05, 0) is 37.0 Å². The summed E-state index contributed by atoms with van der Waals surface area (Å²) in [6.45, 7) is 4.85. The lowest BCUT2D eigenvalue weighted by molar-refractivity contribution is 0.0173. The van der Waals surface area contributed by atoms with E-state index < -0.39 is 0 Å². The monoisotopic (exact) mass is 183 g/mol. The molecule has 2 heteroatoms. The lowest BCUT2D eigenvalue weighted by Crippen LogP contribution is -2.40. The van der Waals surface area contributed by atoms with E-state index >= 15 is 0 Å². The Morgan fingerprint density at radius 1 is 1.62 bits per heavy atom. The summed E-state index contributed by atoms with van der Waals surface area (Å²) in [5.74, 6) is 0.570. The van der Waals surface area contributed by atoms with Crippen LogP contribution >= 0.6 is 0 Å². The van der Waals surface area contributed by atoms with E-state index in [4.69, 9.17) is 5.73 Å². The standard InChI is InChI=1S/C11H21NO/c1-3-10(2,7-12)9(13)8-6-11(8)4-5-11/h8-9,13H,3-7,12H2,1-2H3. The Morgan fingerprint density at radius 3 is 2.54 bits per heavy atom. The molecule has 2 nitrogen and oxygen atoms in total. The van der Waals surface area contributed by atoms with Gasteiger partial charge in [0.2, 0.25) is 0 Å². The Labute approximate surface area is 80.5 Å². The number of hydrogen-bond acceptors (Lipinski definition) is 2. The number of hydrogen-bond donors (Lipinski definition) is 2. The third-order valence-electron chi connectivity index (χ3n) is 4.51. The highest BCUT2D eigenvalue weighted by molar-refractivity contribution is 5.16. The topological polar surface area (TPSA) is 46.2 Å². The fourth-order valence-electron chi connectivity index (χ4n) is 2.52. The van der Waals surface area contributed by atoms with Gasteiger partial charge < -0.3 is 10.8 Å². The average molecular weight is 183 g/mol. The molecule has 0 aromatic rings. The molecule has 2 saturated carbocycles. The SMILES string of the molecule is CCC(C)(CN)C(O)C1CC12CC2. The predicted molar refractivity (Wildman–Crippen MR) is 53.2 cm³/mol. The van der Waals surface area contributed by atoms with E-state index in [1.54, 1.807) is 0 Å². The van der Waals surface area contributed by atoms with Gasteiger partial charge in [0, 0.05) is 12.0 Å². The van der Waals surface area contributed by atoms with Gasteiger partial charge in [-0.1, -0.05) is 13.8 Å². The summed E-state index contributed by atoms with van der Waals surface area (Å²) in [5, 5.41) is 10.2. The number of aliphatic hydroxyl groups is 1. The van der Waals surface area contributed by atoms with Crippen LogP contribution in [0.15, 0.2) is 0 Å². The minimum Gasteiger partial charge on any atom is -0.392 e. The second-order valence-electron chi connectivity index (χ2n) is 5.33. The first kappa shape index (κ1) is 9.47. The van der Waals surface area contributed by atoms with Crippen LogP contribution in [0.3, 0.4) is 0 Å². The Balaban J connectivity index is 1.99. The molecule has 3 unspecified atom stereocenters. The Hall–Kier alpha value is -0.0800. The second-order valence-corrected chi connectivity index (χ2v) is 5.33. The summed E-state index contributed by atoms with van der Waals surface area (Å²) in [6, 6.07) is 0. The highest BCUT2D eigenvalue weighted by atomic mass is 16.3. The van der Waals surface area contributed by atoms with Gasteiger partial charge in [0.15, 0.2) is 0 Å². The van der Waals surface area contributed by atoms with Gasteiger partial charge in [-0.25, -0.2) is 0 Å². The maximum absolute atomic E-state index is 10.2. The van der Waals surface area contributed by atoms with Crippen LogP contribution in [0.1, 0.15) is 39.5 Å². The molecular weight excluding hydrogens is 162 g/mol. The Morgan fingerprint density at radius 2 is 2.23 bits per heavy atom. The van der Waals surface area contributed by atoms with Crippen LogP contribution in [0.5, 0.6) is 0 Å². The molecule has 2 aliphatic rings. The van der Waals surface area contributed by atoms with E-state index in [2.05, 4.69) is 13.8 Å². The van der Waals surface area contributed by atoms with Crippen molar-refractivity contribution in [1.29, 1.82) is 0 Å². The molecule has 3 atom stereocenters. The first-order valence-electron chi connectivity index (χ1n) is 5.46. The van der Waals surface area contributed by atoms with Crippen molar-refractivity contribution in [2.24, 2.45) is 22.5 Å². The van der Waals surface area contributed by atoms with Crippen LogP contribution in [0.4, 0.5) is 0 Å². The average Bonchev–Trinajstić information content (AvgIpc) is 3.05. The van der Waals surface area contributed by atoms with Crippen molar-refractivity contribution in [1.82, 2.24) is 0 Å². The number of aliphatic hydroxyl groups excluding tert-OH is 1. The summed E-state index contributed by atoms with van der Waals surface area (Å²) >= 11 is 0. The molecule has 1 spiro atoms. The van der Waals surface area contributed by atoms with E-state index in [9.17, 15) is 5.11 Å². The Kier molecular flexibility index (Phi) is 1.97. The summed E-state index contributed by atoms with van der Waals surface area (Å²) in [4.78, 5) is 0. The smallest absolute Gasteiger partial charge is 0.0639 e. The van der Waals surface area contributed by atoms with Crippen LogP contribution < -0.4 is 5.73 Å². The molecule has 2 rings (SSSR count). The minimum atomic E-state index is -0.162. The van der Waals surface area contributed by atoms with Gasteiger partial charge in [0.1, 0.15) is 0 Å². The normalized spacial score (nSPS) is 35.5. The van der Waals surface area contributed by atoms with Crippen molar-refractivity contribution >= 4 is 0 Å². The molecule has 0 aromatic carbocycles. The summed E-state index contributed by atoms with van der Waals surface area (Å²) in [6.07, 6.45) is 4.77. The zero-order valence-electron chi connectivity index (χ0n) is 8.71. The molecule has 0 radical (unpaired) electrons. The fourth-order valence-corrected chi connectivity index (χ4v) is 2.52. The molecule has 3 N–H and O–H groups in total. The quantitative estimate of drug-likeness (QED) is 0.694. The summed E-state index contributed by atoms with van der Waals surface area (Å²) in [5.41, 5.74) is 6.28. The first-order valence-corrected chi connectivity index (χ1v) is 5.46. The minimum absolute atomic E-state index is 0.0449. The van der Waals surface area contributed by atoms with E-state index in [-0.39, 0.29) is 11.5 Å². The molecule has 0 heterocycles. The second kappa shape index (κ2) is 2.71. The van der Waals surface area contributed by atoms with Crippen LogP contribution in [-0.4, -0.2) is 17.8 Å². The molecule has 0 aromatic heterocycles. The highest BCUT2D eigenvalue weighted by Crippen LogP contribution is 2.72. The van der Waals surface area contributed by atoms with Crippen LogP contribution in [0.25, 0.3) is 0 Å². The maximum atomic E-state index is 10.2. The van der Waals surface area contributed by atoms with E-state index in [1.807, 2.05) is 0 Å². The largest absolute Gasteiger partial charge is 0.392 e. The van der Waals surface area contributed by atoms with Gasteiger partial charge in [-0.2, -0.15) is 0 Å². The van der Waals surface area contributed by atoms with Crippen molar-refractivity contribution in [2.45, 2.75) is 45.6 Å². The first-order chi connectivity index (χ1) is 6.08. The molecule has 0 amide bonds. The molecule has 2 fully saturated rings. The van der Waals surface area contributed by atoms with Crippen LogP contribution in [0, 0.1) is 16.7 Å². The third kappa shape index (κ3) is 1.31. The van der Waals surface area contributed by atoms with E-state index in [1.165, 1.54) is 19.3 Å².